The molecule has 1 amide bonds. The van der Waals surface area contributed by atoms with Gasteiger partial charge in [0, 0.05) is 11.1 Å². The van der Waals surface area contributed by atoms with Crippen LogP contribution in [0.5, 0.6) is 5.75 Å². The Hall–Kier alpha value is -3.06. The molecule has 25 heavy (non-hydrogen) atoms. The zero-order valence-electron chi connectivity index (χ0n) is 13.3. The van der Waals surface area contributed by atoms with Crippen LogP contribution in [0.25, 0.3) is 0 Å². The van der Waals surface area contributed by atoms with Crippen molar-refractivity contribution >= 4 is 34.8 Å². The summed E-state index contributed by atoms with van der Waals surface area (Å²) in [5, 5.41) is 10.1. The molecule has 2 aromatic heterocycles. The smallest absolute Gasteiger partial charge is 0.262 e. The second-order valence-electron chi connectivity index (χ2n) is 5.17. The fraction of sp³-hybridized carbons (Fsp3) is 0.118. The molecule has 0 fully saturated rings. The number of anilines is 3. The van der Waals surface area contributed by atoms with Crippen LogP contribution in [-0.4, -0.2) is 22.7 Å². The molecule has 0 aliphatic rings. The van der Waals surface area contributed by atoms with Crippen molar-refractivity contribution in [3.05, 3.63) is 59.4 Å². The van der Waals surface area contributed by atoms with E-state index in [1.165, 1.54) is 6.20 Å². The summed E-state index contributed by atoms with van der Waals surface area (Å²) in [6, 6.07) is 12.0. The van der Waals surface area contributed by atoms with Crippen molar-refractivity contribution in [1.82, 2.24) is 10.1 Å². The van der Waals surface area contributed by atoms with E-state index in [9.17, 15) is 4.79 Å². The number of hydrogen-bond donors (Lipinski definition) is 2. The molecule has 0 radical (unpaired) electrons. The maximum atomic E-state index is 11.9. The van der Waals surface area contributed by atoms with Gasteiger partial charge in [-0.15, -0.1) is 0 Å². The molecular weight excluding hydrogens is 344 g/mol. The summed E-state index contributed by atoms with van der Waals surface area (Å²) in [4.78, 5) is 16.1. The van der Waals surface area contributed by atoms with Gasteiger partial charge in [0.15, 0.2) is 12.4 Å². The number of ether oxygens (including phenoxy) is 1. The number of nitrogens with zero attached hydrogens (tertiary/aromatic N) is 2. The summed E-state index contributed by atoms with van der Waals surface area (Å²) in [6.45, 7) is 1.69. The molecule has 0 atom stereocenters. The first kappa shape index (κ1) is 16.8. The molecule has 0 unspecified atom stereocenters. The van der Waals surface area contributed by atoms with Crippen molar-refractivity contribution < 1.29 is 14.1 Å². The molecule has 2 N–H and O–H groups in total. The van der Waals surface area contributed by atoms with Crippen molar-refractivity contribution in [3.63, 3.8) is 0 Å². The predicted molar refractivity (Wildman–Crippen MR) is 94.3 cm³/mol. The van der Waals surface area contributed by atoms with Gasteiger partial charge >= 0.3 is 0 Å². The highest BCUT2D eigenvalue weighted by Gasteiger charge is 2.06. The van der Waals surface area contributed by atoms with Crippen LogP contribution in [0.4, 0.5) is 17.3 Å². The number of hydrogen-bond acceptors (Lipinski definition) is 6. The third-order valence-electron chi connectivity index (χ3n) is 3.11. The molecule has 2 heterocycles. The van der Waals surface area contributed by atoms with Gasteiger partial charge in [-0.3, -0.25) is 4.79 Å². The number of aryl methyl sites for hydroxylation is 1. The van der Waals surface area contributed by atoms with Crippen LogP contribution in [0.1, 0.15) is 5.76 Å². The maximum Gasteiger partial charge on any atom is 0.262 e. The second kappa shape index (κ2) is 7.67. The summed E-state index contributed by atoms with van der Waals surface area (Å²) >= 11 is 5.79. The number of rotatable bonds is 6. The highest BCUT2D eigenvalue weighted by molar-refractivity contribution is 6.30. The molecule has 0 aliphatic carbocycles. The van der Waals surface area contributed by atoms with Crippen molar-refractivity contribution in [2.45, 2.75) is 6.92 Å². The summed E-state index contributed by atoms with van der Waals surface area (Å²) in [5.41, 5.74) is 0.562. The fourth-order valence-electron chi connectivity index (χ4n) is 1.98. The predicted octanol–water partition coefficient (Wildman–Crippen LogP) is 3.79. The van der Waals surface area contributed by atoms with Crippen LogP contribution in [-0.2, 0) is 4.79 Å². The Labute approximate surface area is 149 Å². The molecule has 0 saturated heterocycles. The van der Waals surface area contributed by atoms with E-state index < -0.39 is 0 Å². The molecule has 0 aliphatic heterocycles. The lowest BCUT2D eigenvalue weighted by Crippen LogP contribution is -2.20. The average molecular weight is 359 g/mol. The highest BCUT2D eigenvalue weighted by atomic mass is 35.5. The van der Waals surface area contributed by atoms with E-state index >= 15 is 0 Å². The maximum absolute atomic E-state index is 11.9. The average Bonchev–Trinajstić information content (AvgIpc) is 3.01. The lowest BCUT2D eigenvalue weighted by Gasteiger charge is -2.08. The quantitative estimate of drug-likeness (QED) is 0.696. The van der Waals surface area contributed by atoms with Gasteiger partial charge in [-0.05, 0) is 43.3 Å². The minimum atomic E-state index is -0.287. The first-order chi connectivity index (χ1) is 12.1. The summed E-state index contributed by atoms with van der Waals surface area (Å²) in [7, 11) is 0. The van der Waals surface area contributed by atoms with Crippen LogP contribution in [0.2, 0.25) is 5.02 Å². The monoisotopic (exact) mass is 358 g/mol. The Morgan fingerprint density at radius 2 is 2.00 bits per heavy atom. The molecule has 1 aromatic carbocycles. The van der Waals surface area contributed by atoms with Gasteiger partial charge < -0.3 is 19.9 Å². The van der Waals surface area contributed by atoms with E-state index in [1.54, 1.807) is 49.4 Å². The number of halogens is 1. The van der Waals surface area contributed by atoms with Crippen molar-refractivity contribution in [1.29, 1.82) is 0 Å². The number of pyridine rings is 1. The van der Waals surface area contributed by atoms with Gasteiger partial charge in [-0.25, -0.2) is 4.98 Å². The number of amides is 1. The standard InChI is InChI=1S/C17H15ClN4O3/c1-11-8-16(22-25-11)21-15-7-4-13(9-19-15)20-17(23)10-24-14-5-2-12(18)3-6-14/h2-9H,10H2,1H3,(H,20,23)(H,19,21,22). The van der Waals surface area contributed by atoms with Gasteiger partial charge in [0.2, 0.25) is 0 Å². The topological polar surface area (TPSA) is 89.3 Å². The third-order valence-corrected chi connectivity index (χ3v) is 3.37. The largest absolute Gasteiger partial charge is 0.484 e. The molecule has 0 saturated carbocycles. The molecule has 128 valence electrons. The van der Waals surface area contributed by atoms with Gasteiger partial charge in [0.1, 0.15) is 17.3 Å². The summed E-state index contributed by atoms with van der Waals surface area (Å²) < 4.78 is 10.3. The Morgan fingerprint density at radius 3 is 2.64 bits per heavy atom. The SMILES string of the molecule is Cc1cc(Nc2ccc(NC(=O)COc3ccc(Cl)cc3)cn2)no1. The first-order valence-electron chi connectivity index (χ1n) is 7.43. The first-order valence-corrected chi connectivity index (χ1v) is 7.81. The Balaban J connectivity index is 1.50. The van der Waals surface area contributed by atoms with Gasteiger partial charge in [-0.2, -0.15) is 0 Å². The van der Waals surface area contributed by atoms with E-state index in [0.717, 1.165) is 0 Å². The van der Waals surface area contributed by atoms with Crippen LogP contribution in [0, 0.1) is 6.92 Å². The Bertz CT molecular complexity index is 847. The number of carbonyl (C=O) groups is 1. The number of nitrogens with one attached hydrogen (secondary N) is 2. The normalized spacial score (nSPS) is 10.3. The zero-order valence-corrected chi connectivity index (χ0v) is 14.1. The number of aromatic nitrogens is 2. The van der Waals surface area contributed by atoms with E-state index in [2.05, 4.69) is 20.8 Å². The van der Waals surface area contributed by atoms with Crippen LogP contribution in [0.3, 0.4) is 0 Å². The van der Waals surface area contributed by atoms with Crippen molar-refractivity contribution in [2.75, 3.05) is 17.2 Å². The van der Waals surface area contributed by atoms with E-state index in [-0.39, 0.29) is 12.5 Å². The molecule has 0 bridgehead atoms. The number of carbonyl (C=O) groups excluding carboxylic acids is 1. The van der Waals surface area contributed by atoms with Crippen molar-refractivity contribution in [3.8, 4) is 5.75 Å². The minimum absolute atomic E-state index is 0.111. The summed E-state index contributed by atoms with van der Waals surface area (Å²) in [5.74, 6) is 2.14. The van der Waals surface area contributed by atoms with Crippen LogP contribution < -0.4 is 15.4 Å². The van der Waals surface area contributed by atoms with E-state index in [0.29, 0.717) is 33.9 Å². The van der Waals surface area contributed by atoms with E-state index in [1.807, 2.05) is 0 Å². The lowest BCUT2D eigenvalue weighted by atomic mass is 10.3. The Morgan fingerprint density at radius 1 is 1.20 bits per heavy atom. The molecule has 0 spiro atoms. The van der Waals surface area contributed by atoms with E-state index in [4.69, 9.17) is 20.9 Å². The highest BCUT2D eigenvalue weighted by Crippen LogP contribution is 2.17. The number of benzene rings is 1. The lowest BCUT2D eigenvalue weighted by molar-refractivity contribution is -0.118. The zero-order chi connectivity index (χ0) is 17.6. The Kier molecular flexibility index (Phi) is 5.15. The molecular formula is C17H15ClN4O3. The van der Waals surface area contributed by atoms with Gasteiger partial charge in [0.05, 0.1) is 11.9 Å². The fourth-order valence-corrected chi connectivity index (χ4v) is 2.10. The molecule has 3 aromatic rings. The van der Waals surface area contributed by atoms with Gasteiger partial charge in [-0.1, -0.05) is 16.8 Å². The third kappa shape index (κ3) is 4.95. The molecule has 7 nitrogen and oxygen atoms in total. The summed E-state index contributed by atoms with van der Waals surface area (Å²) in [6.07, 6.45) is 1.54. The molecule has 3 rings (SSSR count). The van der Waals surface area contributed by atoms with Crippen LogP contribution >= 0.6 is 11.6 Å². The molecule has 8 heteroatoms. The van der Waals surface area contributed by atoms with Gasteiger partial charge in [0.25, 0.3) is 5.91 Å². The minimum Gasteiger partial charge on any atom is -0.484 e. The second-order valence-corrected chi connectivity index (χ2v) is 5.61. The van der Waals surface area contributed by atoms with Crippen molar-refractivity contribution in [2.24, 2.45) is 0 Å². The van der Waals surface area contributed by atoms with Crippen LogP contribution in [0.15, 0.2) is 53.2 Å².